The number of hydrogen-bond acceptors (Lipinski definition) is 2. The Morgan fingerprint density at radius 3 is 2.79 bits per heavy atom. The smallest absolute Gasteiger partial charge is 0.211 e. The molecule has 0 spiro atoms. The van der Waals surface area contributed by atoms with Gasteiger partial charge in [-0.05, 0) is 18.2 Å². The first-order chi connectivity index (χ1) is 6.59. The molecule has 0 aliphatic heterocycles. The highest BCUT2D eigenvalue weighted by molar-refractivity contribution is 6.33. The maximum Gasteiger partial charge on any atom is 0.211 e. The van der Waals surface area contributed by atoms with Gasteiger partial charge in [0, 0.05) is 10.6 Å². The summed E-state index contributed by atoms with van der Waals surface area (Å²) < 4.78 is 12.7. The Hall–Kier alpha value is -1.62. The zero-order valence-corrected chi connectivity index (χ0v) is 7.87. The lowest BCUT2D eigenvalue weighted by Crippen LogP contribution is -2.21. The molecular formula is C8H8ClFN4. The second-order valence-electron chi connectivity index (χ2n) is 2.44. The normalized spacial score (nSPS) is 10.4. The molecule has 0 radical (unpaired) electrons. The SMILES string of the molecule is NC(N)=NN=Cc1cc(F)ccc1Cl. The van der Waals surface area contributed by atoms with Crippen LogP contribution in [-0.2, 0) is 0 Å². The summed E-state index contributed by atoms with van der Waals surface area (Å²) in [5.41, 5.74) is 10.5. The highest BCUT2D eigenvalue weighted by Gasteiger charge is 1.98. The number of nitrogens with zero attached hydrogens (tertiary/aromatic N) is 2. The van der Waals surface area contributed by atoms with E-state index in [0.29, 0.717) is 10.6 Å². The van der Waals surface area contributed by atoms with Crippen molar-refractivity contribution in [3.05, 3.63) is 34.6 Å². The fourth-order valence-corrected chi connectivity index (χ4v) is 0.938. The Labute approximate surface area is 85.1 Å². The van der Waals surface area contributed by atoms with Crippen molar-refractivity contribution in [1.29, 1.82) is 0 Å². The van der Waals surface area contributed by atoms with Crippen LogP contribution in [0, 0.1) is 5.82 Å². The summed E-state index contributed by atoms with van der Waals surface area (Å²) in [5.74, 6) is -0.575. The maximum absolute atomic E-state index is 12.7. The first-order valence-electron chi connectivity index (χ1n) is 3.66. The fraction of sp³-hybridized carbons (Fsp3) is 0. The molecule has 1 aromatic rings. The Kier molecular flexibility index (Phi) is 3.41. The van der Waals surface area contributed by atoms with Gasteiger partial charge in [0.25, 0.3) is 0 Å². The number of hydrogen-bond donors (Lipinski definition) is 2. The van der Waals surface area contributed by atoms with Crippen LogP contribution in [-0.4, -0.2) is 12.2 Å². The molecule has 0 aromatic heterocycles. The predicted molar refractivity (Wildman–Crippen MR) is 54.8 cm³/mol. The molecule has 6 heteroatoms. The summed E-state index contributed by atoms with van der Waals surface area (Å²) in [6, 6.07) is 3.90. The van der Waals surface area contributed by atoms with Crippen molar-refractivity contribution in [3.63, 3.8) is 0 Å². The van der Waals surface area contributed by atoms with Gasteiger partial charge in [-0.15, -0.1) is 5.10 Å². The van der Waals surface area contributed by atoms with Gasteiger partial charge in [-0.2, -0.15) is 5.10 Å². The number of rotatable bonds is 2. The van der Waals surface area contributed by atoms with Gasteiger partial charge >= 0.3 is 0 Å². The fourth-order valence-electron chi connectivity index (χ4n) is 0.771. The second-order valence-corrected chi connectivity index (χ2v) is 2.84. The van der Waals surface area contributed by atoms with Crippen LogP contribution in [0.25, 0.3) is 0 Å². The van der Waals surface area contributed by atoms with E-state index < -0.39 is 5.82 Å². The zero-order valence-electron chi connectivity index (χ0n) is 7.11. The van der Waals surface area contributed by atoms with E-state index in [4.69, 9.17) is 23.1 Å². The lowest BCUT2D eigenvalue weighted by Gasteiger charge is -1.95. The molecule has 0 heterocycles. The number of nitrogens with two attached hydrogens (primary N) is 2. The van der Waals surface area contributed by atoms with Crippen LogP contribution < -0.4 is 11.5 Å². The van der Waals surface area contributed by atoms with Gasteiger partial charge in [-0.25, -0.2) is 4.39 Å². The summed E-state index contributed by atoms with van der Waals surface area (Å²) in [5, 5.41) is 7.23. The number of guanidine groups is 1. The summed E-state index contributed by atoms with van der Waals surface area (Å²) in [6.45, 7) is 0. The maximum atomic E-state index is 12.7. The van der Waals surface area contributed by atoms with Crippen molar-refractivity contribution in [1.82, 2.24) is 0 Å². The van der Waals surface area contributed by atoms with Gasteiger partial charge in [-0.1, -0.05) is 11.6 Å². The van der Waals surface area contributed by atoms with E-state index in [1.54, 1.807) is 0 Å². The summed E-state index contributed by atoms with van der Waals surface area (Å²) >= 11 is 5.74. The first-order valence-corrected chi connectivity index (χ1v) is 4.04. The lowest BCUT2D eigenvalue weighted by molar-refractivity contribution is 0.627. The van der Waals surface area contributed by atoms with Crippen molar-refractivity contribution in [2.75, 3.05) is 0 Å². The van der Waals surface area contributed by atoms with E-state index in [-0.39, 0.29) is 5.96 Å². The van der Waals surface area contributed by atoms with Crippen LogP contribution in [0.1, 0.15) is 5.56 Å². The average molecular weight is 215 g/mol. The van der Waals surface area contributed by atoms with Crippen LogP contribution in [0.2, 0.25) is 5.02 Å². The van der Waals surface area contributed by atoms with Crippen LogP contribution in [0.4, 0.5) is 4.39 Å². The Bertz CT molecular complexity index is 385. The third-order valence-electron chi connectivity index (χ3n) is 1.33. The zero-order chi connectivity index (χ0) is 10.6. The monoisotopic (exact) mass is 214 g/mol. The topological polar surface area (TPSA) is 76.8 Å². The average Bonchev–Trinajstić information content (AvgIpc) is 2.10. The molecule has 4 N–H and O–H groups in total. The van der Waals surface area contributed by atoms with Crippen molar-refractivity contribution >= 4 is 23.8 Å². The Morgan fingerprint density at radius 2 is 2.14 bits per heavy atom. The molecule has 1 rings (SSSR count). The molecule has 0 bridgehead atoms. The van der Waals surface area contributed by atoms with Crippen molar-refractivity contribution in [3.8, 4) is 0 Å². The van der Waals surface area contributed by atoms with E-state index in [1.165, 1.54) is 24.4 Å². The molecule has 0 aliphatic rings. The first kappa shape index (κ1) is 10.5. The molecule has 0 amide bonds. The molecule has 74 valence electrons. The quantitative estimate of drug-likeness (QED) is 0.439. The standard InChI is InChI=1S/C8H8ClFN4/c9-7-2-1-6(10)3-5(7)4-13-14-8(11)12/h1-4H,(H4,11,12,14). The molecule has 0 atom stereocenters. The number of benzene rings is 1. The van der Waals surface area contributed by atoms with Crippen molar-refractivity contribution in [2.45, 2.75) is 0 Å². The van der Waals surface area contributed by atoms with E-state index in [9.17, 15) is 4.39 Å². The van der Waals surface area contributed by atoms with E-state index in [0.717, 1.165) is 0 Å². The van der Waals surface area contributed by atoms with E-state index in [1.807, 2.05) is 0 Å². The van der Waals surface area contributed by atoms with Gasteiger partial charge < -0.3 is 11.5 Å². The lowest BCUT2D eigenvalue weighted by atomic mass is 10.2. The van der Waals surface area contributed by atoms with Gasteiger partial charge in [0.2, 0.25) is 5.96 Å². The highest BCUT2D eigenvalue weighted by atomic mass is 35.5. The summed E-state index contributed by atoms with van der Waals surface area (Å²) in [4.78, 5) is 0. The van der Waals surface area contributed by atoms with Crippen LogP contribution in [0.3, 0.4) is 0 Å². The second kappa shape index (κ2) is 4.57. The molecule has 4 nitrogen and oxygen atoms in total. The number of halogens is 2. The van der Waals surface area contributed by atoms with Crippen LogP contribution in [0.5, 0.6) is 0 Å². The third-order valence-corrected chi connectivity index (χ3v) is 1.67. The van der Waals surface area contributed by atoms with Crippen molar-refractivity contribution in [2.24, 2.45) is 21.7 Å². The third kappa shape index (κ3) is 3.02. The van der Waals surface area contributed by atoms with Gasteiger partial charge in [0.1, 0.15) is 5.82 Å². The molecule has 0 unspecified atom stereocenters. The van der Waals surface area contributed by atoms with Gasteiger partial charge in [0.15, 0.2) is 0 Å². The molecule has 0 fully saturated rings. The van der Waals surface area contributed by atoms with Crippen molar-refractivity contribution < 1.29 is 4.39 Å². The Morgan fingerprint density at radius 1 is 1.43 bits per heavy atom. The van der Waals surface area contributed by atoms with Gasteiger partial charge in [-0.3, -0.25) is 0 Å². The van der Waals surface area contributed by atoms with Crippen LogP contribution >= 0.6 is 11.6 Å². The van der Waals surface area contributed by atoms with Gasteiger partial charge in [0.05, 0.1) is 6.21 Å². The van der Waals surface area contributed by atoms with Crippen LogP contribution in [0.15, 0.2) is 28.4 Å². The minimum Gasteiger partial charge on any atom is -0.369 e. The minimum absolute atomic E-state index is 0.172. The molecule has 1 aromatic carbocycles. The summed E-state index contributed by atoms with van der Waals surface area (Å²) in [7, 11) is 0. The molecular weight excluding hydrogens is 207 g/mol. The molecule has 0 aliphatic carbocycles. The van der Waals surface area contributed by atoms with E-state index >= 15 is 0 Å². The molecule has 0 saturated carbocycles. The molecule has 0 saturated heterocycles. The Balaban J connectivity index is 2.91. The largest absolute Gasteiger partial charge is 0.369 e. The summed E-state index contributed by atoms with van der Waals surface area (Å²) in [6.07, 6.45) is 1.27. The highest BCUT2D eigenvalue weighted by Crippen LogP contribution is 2.14. The predicted octanol–water partition coefficient (Wildman–Crippen LogP) is 1.09. The minimum atomic E-state index is -0.402. The molecule has 14 heavy (non-hydrogen) atoms. The van der Waals surface area contributed by atoms with E-state index in [2.05, 4.69) is 10.2 Å².